The second-order valence-electron chi connectivity index (χ2n) is 6.64. The predicted molar refractivity (Wildman–Crippen MR) is 114 cm³/mol. The smallest absolute Gasteiger partial charge is 0.255 e. The first kappa shape index (κ1) is 20.0. The number of aromatic nitrogens is 2. The molecule has 0 unspecified atom stereocenters. The summed E-state index contributed by atoms with van der Waals surface area (Å²) in [5, 5.41) is 5.55. The van der Waals surface area contributed by atoms with Crippen molar-refractivity contribution in [2.75, 3.05) is 29.1 Å². The van der Waals surface area contributed by atoms with Crippen molar-refractivity contribution in [3.05, 3.63) is 78.2 Å². The minimum Gasteiger partial charge on any atom is -0.359 e. The highest BCUT2D eigenvalue weighted by atomic mass is 16.2. The van der Waals surface area contributed by atoms with Crippen molar-refractivity contribution in [2.24, 2.45) is 0 Å². The quantitative estimate of drug-likeness (QED) is 0.647. The van der Waals surface area contributed by atoms with Gasteiger partial charge in [0.15, 0.2) is 0 Å². The van der Waals surface area contributed by atoms with E-state index in [1.54, 1.807) is 55.0 Å². The van der Waals surface area contributed by atoms with E-state index in [9.17, 15) is 9.59 Å². The Bertz CT molecular complexity index is 974. The molecule has 2 N–H and O–H groups in total. The van der Waals surface area contributed by atoms with E-state index in [0.717, 1.165) is 18.8 Å². The summed E-state index contributed by atoms with van der Waals surface area (Å²) in [6, 6.07) is 14.4. The van der Waals surface area contributed by atoms with Gasteiger partial charge in [-0.1, -0.05) is 0 Å². The van der Waals surface area contributed by atoms with Crippen molar-refractivity contribution in [3.8, 4) is 0 Å². The molecule has 0 atom stereocenters. The second-order valence-corrected chi connectivity index (χ2v) is 6.64. The SMILES string of the molecule is CC(=O)Nc1ccc(NC(=O)c2ccnc(N(C)CCc3ccncc3)c2)cc1. The van der Waals surface area contributed by atoms with Crippen molar-refractivity contribution in [2.45, 2.75) is 13.3 Å². The molecule has 2 aromatic heterocycles. The fourth-order valence-corrected chi connectivity index (χ4v) is 2.77. The predicted octanol–water partition coefficient (Wildman–Crippen LogP) is 3.37. The fraction of sp³-hybridized carbons (Fsp3) is 0.182. The highest BCUT2D eigenvalue weighted by Crippen LogP contribution is 2.17. The number of carbonyl (C=O) groups is 2. The zero-order valence-electron chi connectivity index (χ0n) is 16.4. The third-order valence-corrected chi connectivity index (χ3v) is 4.35. The number of hydrogen-bond acceptors (Lipinski definition) is 5. The Morgan fingerprint density at radius 1 is 0.931 bits per heavy atom. The first-order chi connectivity index (χ1) is 14.0. The summed E-state index contributed by atoms with van der Waals surface area (Å²) in [5.74, 6) is 0.371. The molecule has 0 aliphatic carbocycles. The van der Waals surface area contributed by atoms with Crippen molar-refractivity contribution in [1.29, 1.82) is 0 Å². The van der Waals surface area contributed by atoms with Gasteiger partial charge < -0.3 is 15.5 Å². The van der Waals surface area contributed by atoms with E-state index >= 15 is 0 Å². The van der Waals surface area contributed by atoms with Gasteiger partial charge in [-0.2, -0.15) is 0 Å². The topological polar surface area (TPSA) is 87.2 Å². The zero-order chi connectivity index (χ0) is 20.6. The molecule has 0 radical (unpaired) electrons. The van der Waals surface area contributed by atoms with Gasteiger partial charge in [0.1, 0.15) is 5.82 Å². The Morgan fingerprint density at radius 3 is 2.24 bits per heavy atom. The molecule has 29 heavy (non-hydrogen) atoms. The molecule has 7 nitrogen and oxygen atoms in total. The number of anilines is 3. The second kappa shape index (κ2) is 9.45. The minimum atomic E-state index is -0.219. The van der Waals surface area contributed by atoms with Gasteiger partial charge >= 0.3 is 0 Å². The maximum Gasteiger partial charge on any atom is 0.255 e. The van der Waals surface area contributed by atoms with Crippen LogP contribution in [-0.4, -0.2) is 35.4 Å². The Balaban J connectivity index is 1.62. The number of amides is 2. The van der Waals surface area contributed by atoms with Crippen LogP contribution in [0.25, 0.3) is 0 Å². The standard InChI is InChI=1S/C22H23N5O2/c1-16(28)25-19-3-5-20(6-4-19)26-22(29)18-9-13-24-21(15-18)27(2)14-10-17-7-11-23-12-8-17/h3-9,11-13,15H,10,14H2,1-2H3,(H,25,28)(H,26,29). The molecule has 0 aliphatic heterocycles. The molecule has 3 rings (SSSR count). The lowest BCUT2D eigenvalue weighted by Crippen LogP contribution is -2.22. The van der Waals surface area contributed by atoms with Gasteiger partial charge in [-0.05, 0) is 60.5 Å². The number of nitrogens with zero attached hydrogens (tertiary/aromatic N) is 3. The lowest BCUT2D eigenvalue weighted by Gasteiger charge is -2.18. The molecular weight excluding hydrogens is 366 g/mol. The molecule has 0 saturated carbocycles. The third kappa shape index (κ3) is 5.87. The summed E-state index contributed by atoms with van der Waals surface area (Å²) >= 11 is 0. The number of rotatable bonds is 7. The van der Waals surface area contributed by atoms with Crippen LogP contribution in [-0.2, 0) is 11.2 Å². The van der Waals surface area contributed by atoms with Crippen LogP contribution in [0.5, 0.6) is 0 Å². The van der Waals surface area contributed by atoms with E-state index in [0.29, 0.717) is 16.9 Å². The third-order valence-electron chi connectivity index (χ3n) is 4.35. The maximum absolute atomic E-state index is 12.6. The number of hydrogen-bond donors (Lipinski definition) is 2. The van der Waals surface area contributed by atoms with Crippen LogP contribution >= 0.6 is 0 Å². The Hall–Kier alpha value is -3.74. The molecule has 0 bridgehead atoms. The van der Waals surface area contributed by atoms with E-state index in [1.807, 2.05) is 24.1 Å². The van der Waals surface area contributed by atoms with Gasteiger partial charge in [-0.25, -0.2) is 4.98 Å². The highest BCUT2D eigenvalue weighted by molar-refractivity contribution is 6.04. The number of benzene rings is 1. The number of carbonyl (C=O) groups excluding carboxylic acids is 2. The molecule has 2 heterocycles. The normalized spacial score (nSPS) is 10.3. The highest BCUT2D eigenvalue weighted by Gasteiger charge is 2.10. The summed E-state index contributed by atoms with van der Waals surface area (Å²) in [6.07, 6.45) is 6.05. The van der Waals surface area contributed by atoms with Crippen LogP contribution in [0, 0.1) is 0 Å². The number of nitrogens with one attached hydrogen (secondary N) is 2. The van der Waals surface area contributed by atoms with Crippen molar-refractivity contribution in [3.63, 3.8) is 0 Å². The summed E-state index contributed by atoms with van der Waals surface area (Å²) in [4.78, 5) is 34.1. The molecule has 0 fully saturated rings. The molecular formula is C22H23N5O2. The average Bonchev–Trinajstić information content (AvgIpc) is 2.74. The molecule has 2 amide bonds. The van der Waals surface area contributed by atoms with Crippen molar-refractivity contribution < 1.29 is 9.59 Å². The molecule has 148 valence electrons. The number of likely N-dealkylation sites (N-methyl/N-ethyl adjacent to an activating group) is 1. The van der Waals surface area contributed by atoms with E-state index in [1.165, 1.54) is 12.5 Å². The van der Waals surface area contributed by atoms with Gasteiger partial charge in [0.2, 0.25) is 5.91 Å². The van der Waals surface area contributed by atoms with Gasteiger partial charge in [0.05, 0.1) is 0 Å². The van der Waals surface area contributed by atoms with Gasteiger partial charge in [0.25, 0.3) is 5.91 Å². The minimum absolute atomic E-state index is 0.140. The molecule has 1 aromatic carbocycles. The van der Waals surface area contributed by atoms with E-state index in [-0.39, 0.29) is 11.8 Å². The van der Waals surface area contributed by atoms with Crippen LogP contribution in [0.2, 0.25) is 0 Å². The Morgan fingerprint density at radius 2 is 1.59 bits per heavy atom. The Kier molecular flexibility index (Phi) is 6.52. The van der Waals surface area contributed by atoms with Crippen LogP contribution < -0.4 is 15.5 Å². The van der Waals surface area contributed by atoms with Gasteiger partial charge in [-0.3, -0.25) is 14.6 Å². The first-order valence-corrected chi connectivity index (χ1v) is 9.26. The zero-order valence-corrected chi connectivity index (χ0v) is 16.4. The lowest BCUT2D eigenvalue weighted by atomic mass is 10.2. The fourth-order valence-electron chi connectivity index (χ4n) is 2.77. The van der Waals surface area contributed by atoms with E-state index < -0.39 is 0 Å². The summed E-state index contributed by atoms with van der Waals surface area (Å²) in [5.41, 5.74) is 3.05. The van der Waals surface area contributed by atoms with Crippen LogP contribution in [0.15, 0.2) is 67.1 Å². The molecule has 3 aromatic rings. The monoisotopic (exact) mass is 389 g/mol. The van der Waals surface area contributed by atoms with Crippen LogP contribution in [0.4, 0.5) is 17.2 Å². The lowest BCUT2D eigenvalue weighted by molar-refractivity contribution is -0.114. The first-order valence-electron chi connectivity index (χ1n) is 9.26. The molecule has 0 aliphatic rings. The number of pyridine rings is 2. The molecule has 7 heteroatoms. The van der Waals surface area contributed by atoms with Gasteiger partial charge in [-0.15, -0.1) is 0 Å². The van der Waals surface area contributed by atoms with E-state index in [2.05, 4.69) is 20.6 Å². The largest absolute Gasteiger partial charge is 0.359 e. The van der Waals surface area contributed by atoms with Gasteiger partial charge in [0, 0.05) is 56.0 Å². The molecule has 0 spiro atoms. The van der Waals surface area contributed by atoms with E-state index in [4.69, 9.17) is 0 Å². The summed E-state index contributed by atoms with van der Waals surface area (Å²) < 4.78 is 0. The van der Waals surface area contributed by atoms with Crippen molar-refractivity contribution >= 4 is 29.0 Å². The van der Waals surface area contributed by atoms with Crippen LogP contribution in [0.3, 0.4) is 0 Å². The summed E-state index contributed by atoms with van der Waals surface area (Å²) in [7, 11) is 1.95. The Labute approximate surface area is 169 Å². The average molecular weight is 389 g/mol. The van der Waals surface area contributed by atoms with Crippen molar-refractivity contribution in [1.82, 2.24) is 9.97 Å². The molecule has 0 saturated heterocycles. The van der Waals surface area contributed by atoms with Crippen LogP contribution in [0.1, 0.15) is 22.8 Å². The maximum atomic E-state index is 12.6. The summed E-state index contributed by atoms with van der Waals surface area (Å²) in [6.45, 7) is 2.22.